The molecule has 1 aliphatic carbocycles. The molecule has 6 nitrogen and oxygen atoms in total. The number of aryl methyl sites for hydroxylation is 1. The lowest BCUT2D eigenvalue weighted by molar-refractivity contribution is -0.116. The smallest absolute Gasteiger partial charge is 0.258 e. The van der Waals surface area contributed by atoms with E-state index in [9.17, 15) is 14.0 Å². The molecule has 162 valence electrons. The van der Waals surface area contributed by atoms with Crippen LogP contribution in [-0.2, 0) is 11.2 Å². The number of hydrogen-bond acceptors (Lipinski definition) is 4. The summed E-state index contributed by atoms with van der Waals surface area (Å²) in [6.07, 6.45) is 6.20. The number of carbonyl (C=O) groups excluding carboxylic acids is 1. The van der Waals surface area contributed by atoms with Crippen LogP contribution >= 0.6 is 0 Å². The first-order valence-electron chi connectivity index (χ1n) is 10.8. The quantitative estimate of drug-likeness (QED) is 0.617. The molecule has 1 aliphatic rings. The third kappa shape index (κ3) is 4.93. The van der Waals surface area contributed by atoms with E-state index in [1.165, 1.54) is 25.3 Å². The van der Waals surface area contributed by atoms with Crippen LogP contribution in [-0.4, -0.2) is 29.0 Å². The van der Waals surface area contributed by atoms with Gasteiger partial charge in [0.05, 0.1) is 16.6 Å². The lowest BCUT2D eigenvalue weighted by Crippen LogP contribution is -2.33. The van der Waals surface area contributed by atoms with E-state index in [-0.39, 0.29) is 30.1 Å². The Kier molecular flexibility index (Phi) is 6.30. The molecule has 2 aromatic carbocycles. The Labute approximate surface area is 180 Å². The van der Waals surface area contributed by atoms with Crippen LogP contribution in [0.4, 0.5) is 15.8 Å². The molecule has 3 aromatic rings. The van der Waals surface area contributed by atoms with Crippen LogP contribution in [0.25, 0.3) is 10.9 Å². The van der Waals surface area contributed by atoms with E-state index in [2.05, 4.69) is 15.3 Å². The molecular formula is C24H27FN4O2. The van der Waals surface area contributed by atoms with Gasteiger partial charge in [-0.3, -0.25) is 9.59 Å². The Morgan fingerprint density at radius 3 is 2.74 bits per heavy atom. The summed E-state index contributed by atoms with van der Waals surface area (Å²) in [5.41, 5.74) is 1.35. The van der Waals surface area contributed by atoms with Gasteiger partial charge >= 0.3 is 0 Å². The molecule has 1 aromatic heterocycles. The average Bonchev–Trinajstić information content (AvgIpc) is 2.78. The van der Waals surface area contributed by atoms with E-state index >= 15 is 0 Å². The number of rotatable bonds is 6. The highest BCUT2D eigenvalue weighted by Gasteiger charge is 2.20. The van der Waals surface area contributed by atoms with Crippen LogP contribution in [0.3, 0.4) is 0 Å². The van der Waals surface area contributed by atoms with E-state index in [1.54, 1.807) is 30.3 Å². The summed E-state index contributed by atoms with van der Waals surface area (Å²) < 4.78 is 14.7. The predicted molar refractivity (Wildman–Crippen MR) is 121 cm³/mol. The van der Waals surface area contributed by atoms with Crippen molar-refractivity contribution in [2.45, 2.75) is 51.0 Å². The van der Waals surface area contributed by atoms with Crippen LogP contribution in [0.15, 0.2) is 47.3 Å². The number of carbonyl (C=O) groups is 1. The fraction of sp³-hybridized carbons (Fsp3) is 0.375. The molecule has 0 bridgehead atoms. The van der Waals surface area contributed by atoms with E-state index in [1.807, 2.05) is 18.0 Å². The summed E-state index contributed by atoms with van der Waals surface area (Å²) in [6, 6.07) is 12.2. The number of nitrogens with one attached hydrogen (secondary N) is 2. The summed E-state index contributed by atoms with van der Waals surface area (Å²) in [7, 11) is 1.93. The van der Waals surface area contributed by atoms with E-state index in [0.717, 1.165) is 12.8 Å². The summed E-state index contributed by atoms with van der Waals surface area (Å²) >= 11 is 0. The summed E-state index contributed by atoms with van der Waals surface area (Å²) in [6.45, 7) is 0. The van der Waals surface area contributed by atoms with Crippen molar-refractivity contribution in [3.05, 3.63) is 64.5 Å². The molecule has 1 heterocycles. The van der Waals surface area contributed by atoms with Gasteiger partial charge in [-0.1, -0.05) is 31.4 Å². The van der Waals surface area contributed by atoms with Gasteiger partial charge < -0.3 is 15.2 Å². The molecule has 1 fully saturated rings. The first-order valence-corrected chi connectivity index (χ1v) is 10.8. The Morgan fingerprint density at radius 1 is 1.19 bits per heavy atom. The topological polar surface area (TPSA) is 78.1 Å². The van der Waals surface area contributed by atoms with E-state index in [4.69, 9.17) is 0 Å². The van der Waals surface area contributed by atoms with Crippen molar-refractivity contribution < 1.29 is 9.18 Å². The molecule has 0 unspecified atom stereocenters. The Hall–Kier alpha value is -3.22. The number of halogens is 1. The molecular weight excluding hydrogens is 395 g/mol. The number of amides is 1. The van der Waals surface area contributed by atoms with Crippen molar-refractivity contribution in [2.24, 2.45) is 0 Å². The molecule has 0 radical (unpaired) electrons. The van der Waals surface area contributed by atoms with Gasteiger partial charge in [0.2, 0.25) is 5.91 Å². The minimum atomic E-state index is -0.341. The number of benzene rings is 2. The first kappa shape index (κ1) is 21.0. The lowest BCUT2D eigenvalue weighted by Gasteiger charge is -2.33. The van der Waals surface area contributed by atoms with Crippen molar-refractivity contribution in [3.8, 4) is 0 Å². The largest absolute Gasteiger partial charge is 0.369 e. The van der Waals surface area contributed by atoms with Gasteiger partial charge in [0.25, 0.3) is 5.56 Å². The second-order valence-electron chi connectivity index (χ2n) is 8.15. The molecule has 0 spiro atoms. The summed E-state index contributed by atoms with van der Waals surface area (Å²) in [5.74, 6) is -0.149. The summed E-state index contributed by atoms with van der Waals surface area (Å²) in [5, 5.41) is 3.25. The fourth-order valence-electron chi connectivity index (χ4n) is 4.24. The number of aromatic amines is 1. The van der Waals surface area contributed by atoms with Crippen molar-refractivity contribution in [1.82, 2.24) is 9.97 Å². The zero-order chi connectivity index (χ0) is 21.8. The fourth-order valence-corrected chi connectivity index (χ4v) is 4.24. The third-order valence-electron chi connectivity index (χ3n) is 5.98. The molecule has 0 saturated heterocycles. The van der Waals surface area contributed by atoms with E-state index in [0.29, 0.717) is 34.1 Å². The number of nitrogens with zero attached hydrogens (tertiary/aromatic N) is 2. The van der Waals surface area contributed by atoms with Crippen molar-refractivity contribution in [2.75, 3.05) is 17.3 Å². The second kappa shape index (κ2) is 9.29. The second-order valence-corrected chi connectivity index (χ2v) is 8.15. The highest BCUT2D eigenvalue weighted by atomic mass is 19.1. The molecule has 4 rings (SSSR count). The van der Waals surface area contributed by atoms with Crippen LogP contribution in [0, 0.1) is 5.82 Å². The van der Waals surface area contributed by atoms with Gasteiger partial charge in [0.1, 0.15) is 11.6 Å². The maximum atomic E-state index is 14.7. The molecule has 31 heavy (non-hydrogen) atoms. The molecule has 0 atom stereocenters. The van der Waals surface area contributed by atoms with Crippen molar-refractivity contribution >= 4 is 28.2 Å². The Bertz CT molecular complexity index is 1140. The van der Waals surface area contributed by atoms with Crippen LogP contribution < -0.4 is 15.8 Å². The van der Waals surface area contributed by atoms with Gasteiger partial charge in [-0.25, -0.2) is 9.37 Å². The Balaban J connectivity index is 1.37. The minimum absolute atomic E-state index is 0.132. The lowest BCUT2D eigenvalue weighted by atomic mass is 9.94. The molecule has 7 heteroatoms. The normalized spacial score (nSPS) is 14.5. The van der Waals surface area contributed by atoms with Gasteiger partial charge in [0, 0.05) is 31.6 Å². The third-order valence-corrected chi connectivity index (χ3v) is 5.98. The highest BCUT2D eigenvalue weighted by Crippen LogP contribution is 2.29. The van der Waals surface area contributed by atoms with Gasteiger partial charge in [-0.2, -0.15) is 0 Å². The van der Waals surface area contributed by atoms with Crippen LogP contribution in [0.1, 0.15) is 44.3 Å². The number of fused-ring (bicyclic) bond motifs is 1. The van der Waals surface area contributed by atoms with Crippen molar-refractivity contribution in [1.29, 1.82) is 0 Å². The molecule has 1 amide bonds. The average molecular weight is 423 g/mol. The zero-order valence-electron chi connectivity index (χ0n) is 17.7. The number of aromatic nitrogens is 2. The maximum absolute atomic E-state index is 14.7. The number of hydrogen-bond donors (Lipinski definition) is 2. The SMILES string of the molecule is CN(c1ccc(NC(=O)CCc2nc3ccccc3c(=O)[nH]2)cc1F)C1CCCCC1. The van der Waals surface area contributed by atoms with Crippen molar-refractivity contribution in [3.63, 3.8) is 0 Å². The predicted octanol–water partition coefficient (Wildman–Crippen LogP) is 4.40. The zero-order valence-corrected chi connectivity index (χ0v) is 17.7. The van der Waals surface area contributed by atoms with Gasteiger partial charge in [-0.05, 0) is 43.2 Å². The summed E-state index contributed by atoms with van der Waals surface area (Å²) in [4.78, 5) is 33.6. The van der Waals surface area contributed by atoms with Gasteiger partial charge in [0.15, 0.2) is 0 Å². The molecule has 0 aliphatic heterocycles. The standard InChI is InChI=1S/C24H27FN4O2/c1-29(17-7-3-2-4-8-17)21-12-11-16(15-19(21)25)26-23(30)14-13-22-27-20-10-6-5-9-18(20)24(31)28-22/h5-6,9-12,15,17H,2-4,7-8,13-14H2,1H3,(H,26,30)(H,27,28,31). The minimum Gasteiger partial charge on any atom is -0.369 e. The monoisotopic (exact) mass is 422 g/mol. The maximum Gasteiger partial charge on any atom is 0.258 e. The van der Waals surface area contributed by atoms with Crippen LogP contribution in [0.2, 0.25) is 0 Å². The first-order chi connectivity index (χ1) is 15.0. The number of H-pyrrole nitrogens is 1. The molecule has 1 saturated carbocycles. The highest BCUT2D eigenvalue weighted by molar-refractivity contribution is 5.91. The number of para-hydroxylation sites is 1. The van der Waals surface area contributed by atoms with Gasteiger partial charge in [-0.15, -0.1) is 0 Å². The Morgan fingerprint density at radius 2 is 1.97 bits per heavy atom. The number of anilines is 2. The van der Waals surface area contributed by atoms with Crippen LogP contribution in [0.5, 0.6) is 0 Å². The molecule has 2 N–H and O–H groups in total. The van der Waals surface area contributed by atoms with E-state index < -0.39 is 0 Å².